The summed E-state index contributed by atoms with van der Waals surface area (Å²) in [4.78, 5) is 25.7. The van der Waals surface area contributed by atoms with Crippen LogP contribution in [0.3, 0.4) is 0 Å². The molecule has 10 heteroatoms. The number of para-hydroxylation sites is 2. The Kier molecular flexibility index (Phi) is 8.04. The molecule has 0 bridgehead atoms. The van der Waals surface area contributed by atoms with E-state index in [0.29, 0.717) is 42.3 Å². The second kappa shape index (κ2) is 10.6. The van der Waals surface area contributed by atoms with E-state index in [1.807, 2.05) is 13.0 Å². The summed E-state index contributed by atoms with van der Waals surface area (Å²) in [5.74, 6) is -0.901. The molecular weight excluding hydrogens is 458 g/mol. The van der Waals surface area contributed by atoms with Crippen LogP contribution in [0.25, 0.3) is 0 Å². The molecule has 34 heavy (non-hydrogen) atoms. The average Bonchev–Trinajstić information content (AvgIpc) is 3.05. The number of anilines is 1. The zero-order chi connectivity index (χ0) is 25.0. The smallest absolute Gasteiger partial charge is 0.341 e. The van der Waals surface area contributed by atoms with Gasteiger partial charge in [0.1, 0.15) is 16.2 Å². The third-order valence-corrected chi connectivity index (χ3v) is 8.23. The maximum Gasteiger partial charge on any atom is 0.341 e. The number of aromatic nitrogens is 1. The zero-order valence-electron chi connectivity index (χ0n) is 20.4. The second-order valence-corrected chi connectivity index (χ2v) is 10.1. The summed E-state index contributed by atoms with van der Waals surface area (Å²) in [5.41, 5.74) is 1.58. The van der Waals surface area contributed by atoms with Crippen LogP contribution >= 0.6 is 0 Å². The van der Waals surface area contributed by atoms with E-state index in [1.54, 1.807) is 50.6 Å². The van der Waals surface area contributed by atoms with E-state index in [0.717, 1.165) is 0 Å². The van der Waals surface area contributed by atoms with Crippen LogP contribution in [-0.4, -0.2) is 55.5 Å². The molecule has 1 fully saturated rings. The number of rotatable bonds is 8. The van der Waals surface area contributed by atoms with Gasteiger partial charge in [0.05, 0.1) is 24.8 Å². The first-order valence-electron chi connectivity index (χ1n) is 11.5. The lowest BCUT2D eigenvalue weighted by atomic mass is 9.98. The Balaban J connectivity index is 1.87. The van der Waals surface area contributed by atoms with Gasteiger partial charge in [0.15, 0.2) is 0 Å². The van der Waals surface area contributed by atoms with E-state index in [1.165, 1.54) is 4.31 Å². The number of nitrogens with one attached hydrogen (secondary N) is 1. The number of benzene rings is 1. The number of sulfonamides is 1. The van der Waals surface area contributed by atoms with Gasteiger partial charge in [-0.1, -0.05) is 12.1 Å². The van der Waals surface area contributed by atoms with Gasteiger partial charge in [0.25, 0.3) is 0 Å². The minimum atomic E-state index is -4.04. The number of hydrogen-bond acceptors (Lipinski definition) is 6. The number of carbonyl (C=O) groups is 2. The molecule has 0 unspecified atom stereocenters. The molecule has 1 atom stereocenters. The first kappa shape index (κ1) is 25.8. The Bertz CT molecular complexity index is 1170. The van der Waals surface area contributed by atoms with Crippen LogP contribution in [0, 0.1) is 19.8 Å². The quantitative estimate of drug-likeness (QED) is 0.568. The number of esters is 1. The van der Waals surface area contributed by atoms with E-state index in [-0.39, 0.29) is 36.1 Å². The number of ether oxygens (including phenoxy) is 2. The van der Waals surface area contributed by atoms with Gasteiger partial charge in [-0.15, -0.1) is 0 Å². The fraction of sp³-hybridized carbons (Fsp3) is 0.500. The van der Waals surface area contributed by atoms with Gasteiger partial charge in [-0.3, -0.25) is 4.79 Å². The van der Waals surface area contributed by atoms with E-state index in [4.69, 9.17) is 9.47 Å². The first-order chi connectivity index (χ1) is 16.1. The number of piperidine rings is 1. The summed E-state index contributed by atoms with van der Waals surface area (Å²) in [6.07, 6.45) is 1.09. The summed E-state index contributed by atoms with van der Waals surface area (Å²) in [6.45, 7) is 7.80. The zero-order valence-corrected chi connectivity index (χ0v) is 21.2. The first-order valence-corrected chi connectivity index (χ1v) is 12.9. The van der Waals surface area contributed by atoms with Crippen LogP contribution in [0.1, 0.15) is 48.4 Å². The van der Waals surface area contributed by atoms with Crippen LogP contribution < -0.4 is 10.1 Å². The lowest BCUT2D eigenvalue weighted by Crippen LogP contribution is -2.44. The van der Waals surface area contributed by atoms with Gasteiger partial charge in [-0.05, 0) is 52.7 Å². The van der Waals surface area contributed by atoms with Crippen molar-refractivity contribution in [3.8, 4) is 5.75 Å². The van der Waals surface area contributed by atoms with Crippen LogP contribution in [0.4, 0.5) is 5.69 Å². The van der Waals surface area contributed by atoms with Crippen LogP contribution in [0.2, 0.25) is 0 Å². The minimum Gasteiger partial charge on any atom is -0.492 e. The highest BCUT2D eigenvalue weighted by Gasteiger charge is 2.39. The Labute approximate surface area is 201 Å². The molecule has 3 rings (SSSR count). The SMILES string of the molecule is CCOC(=O)c1c(S(=O)(=O)N2CCC[C@@H](C(=O)Nc3ccccc3OCC)C2)c(C)n(C)c1C. The molecule has 1 aromatic carbocycles. The van der Waals surface area contributed by atoms with E-state index >= 15 is 0 Å². The number of hydrogen-bond donors (Lipinski definition) is 1. The Hall–Kier alpha value is -2.85. The molecule has 1 aromatic heterocycles. The highest BCUT2D eigenvalue weighted by Crippen LogP contribution is 2.33. The van der Waals surface area contributed by atoms with Crippen LogP contribution in [0.15, 0.2) is 29.2 Å². The molecule has 1 saturated heterocycles. The molecule has 2 heterocycles. The maximum atomic E-state index is 13.7. The summed E-state index contributed by atoms with van der Waals surface area (Å²) in [7, 11) is -2.32. The molecule has 0 saturated carbocycles. The van der Waals surface area contributed by atoms with Gasteiger partial charge in [0.2, 0.25) is 15.9 Å². The molecule has 0 radical (unpaired) electrons. The predicted molar refractivity (Wildman–Crippen MR) is 129 cm³/mol. The molecule has 186 valence electrons. The minimum absolute atomic E-state index is 0.0284. The van der Waals surface area contributed by atoms with Crippen molar-refractivity contribution < 1.29 is 27.5 Å². The molecule has 1 N–H and O–H groups in total. The molecule has 0 aliphatic carbocycles. The molecule has 0 spiro atoms. The molecule has 1 aliphatic heterocycles. The van der Waals surface area contributed by atoms with E-state index in [2.05, 4.69) is 5.32 Å². The van der Waals surface area contributed by atoms with Crippen molar-refractivity contribution in [1.29, 1.82) is 0 Å². The Morgan fingerprint density at radius 1 is 1.12 bits per heavy atom. The third-order valence-electron chi connectivity index (χ3n) is 6.20. The van der Waals surface area contributed by atoms with E-state index in [9.17, 15) is 18.0 Å². The summed E-state index contributed by atoms with van der Waals surface area (Å²) in [6, 6.07) is 7.14. The van der Waals surface area contributed by atoms with E-state index < -0.39 is 21.9 Å². The van der Waals surface area contributed by atoms with Gasteiger partial charge in [-0.2, -0.15) is 4.31 Å². The lowest BCUT2D eigenvalue weighted by Gasteiger charge is -2.31. The van der Waals surface area contributed by atoms with Crippen molar-refractivity contribution in [1.82, 2.24) is 8.87 Å². The van der Waals surface area contributed by atoms with Crippen LogP contribution in [0.5, 0.6) is 5.75 Å². The van der Waals surface area contributed by atoms with Gasteiger partial charge < -0.3 is 19.4 Å². The Morgan fingerprint density at radius 3 is 2.50 bits per heavy atom. The standard InChI is InChI=1S/C24H33N3O6S/c1-6-32-20-13-9-8-12-19(20)25-23(28)18-11-10-14-27(15-18)34(30,31)22-17(4)26(5)16(3)21(22)24(29)33-7-2/h8-9,12-13,18H,6-7,10-11,14-15H2,1-5H3,(H,25,28)/t18-/m1/s1. The van der Waals surface area contributed by atoms with Crippen molar-refractivity contribution >= 4 is 27.6 Å². The molecular formula is C24H33N3O6S. The van der Waals surface area contributed by atoms with Crippen LogP contribution in [-0.2, 0) is 26.6 Å². The van der Waals surface area contributed by atoms with Crippen molar-refractivity contribution in [2.24, 2.45) is 13.0 Å². The van der Waals surface area contributed by atoms with Crippen molar-refractivity contribution in [3.05, 3.63) is 41.2 Å². The van der Waals surface area contributed by atoms with Crippen molar-refractivity contribution in [3.63, 3.8) is 0 Å². The summed E-state index contributed by atoms with van der Waals surface area (Å²) < 4.78 is 41.1. The summed E-state index contributed by atoms with van der Waals surface area (Å²) >= 11 is 0. The molecule has 1 aliphatic rings. The second-order valence-electron chi connectivity index (χ2n) is 8.28. The topological polar surface area (TPSA) is 107 Å². The lowest BCUT2D eigenvalue weighted by molar-refractivity contribution is -0.120. The molecule has 1 amide bonds. The molecule has 9 nitrogen and oxygen atoms in total. The normalized spacial score (nSPS) is 16.8. The average molecular weight is 492 g/mol. The fourth-order valence-electron chi connectivity index (χ4n) is 4.27. The monoisotopic (exact) mass is 491 g/mol. The summed E-state index contributed by atoms with van der Waals surface area (Å²) in [5, 5.41) is 2.88. The number of amides is 1. The third kappa shape index (κ3) is 4.97. The predicted octanol–water partition coefficient (Wildman–Crippen LogP) is 3.26. The molecule has 2 aromatic rings. The van der Waals surface area contributed by atoms with Gasteiger partial charge in [0, 0.05) is 31.5 Å². The Morgan fingerprint density at radius 2 is 1.82 bits per heavy atom. The fourth-order valence-corrected chi connectivity index (χ4v) is 6.27. The highest BCUT2D eigenvalue weighted by molar-refractivity contribution is 7.89. The van der Waals surface area contributed by atoms with Gasteiger partial charge >= 0.3 is 5.97 Å². The van der Waals surface area contributed by atoms with Crippen molar-refractivity contribution in [2.45, 2.75) is 45.4 Å². The van der Waals surface area contributed by atoms with Gasteiger partial charge in [-0.25, -0.2) is 13.2 Å². The maximum absolute atomic E-state index is 13.7. The van der Waals surface area contributed by atoms with Crippen molar-refractivity contribution in [2.75, 3.05) is 31.6 Å². The number of nitrogens with zero attached hydrogens (tertiary/aromatic N) is 2. The highest BCUT2D eigenvalue weighted by atomic mass is 32.2. The largest absolute Gasteiger partial charge is 0.492 e. The number of carbonyl (C=O) groups excluding carboxylic acids is 2.